The van der Waals surface area contributed by atoms with Crippen molar-refractivity contribution >= 4 is 11.8 Å². The Morgan fingerprint density at radius 1 is 1.20 bits per heavy atom. The third-order valence-corrected chi connectivity index (χ3v) is 5.43. The Bertz CT molecular complexity index is 441. The fourth-order valence-corrected chi connectivity index (χ4v) is 3.64. The Morgan fingerprint density at radius 3 is 2.60 bits per heavy atom. The van der Waals surface area contributed by atoms with E-state index in [9.17, 15) is 14.7 Å². The molecule has 1 unspecified atom stereocenters. The average molecular weight is 353 g/mol. The summed E-state index contributed by atoms with van der Waals surface area (Å²) in [7, 11) is 0. The highest BCUT2D eigenvalue weighted by Gasteiger charge is 2.27. The van der Waals surface area contributed by atoms with Crippen LogP contribution in [0.15, 0.2) is 11.6 Å². The van der Waals surface area contributed by atoms with Crippen LogP contribution in [0.5, 0.6) is 0 Å². The van der Waals surface area contributed by atoms with Gasteiger partial charge >= 0.3 is 5.97 Å². The van der Waals surface area contributed by atoms with Crippen LogP contribution in [0.1, 0.15) is 90.9 Å². The van der Waals surface area contributed by atoms with Crippen molar-refractivity contribution in [1.29, 1.82) is 0 Å². The van der Waals surface area contributed by atoms with Crippen molar-refractivity contribution < 1.29 is 19.8 Å². The molecule has 1 aliphatic rings. The van der Waals surface area contributed by atoms with E-state index in [1.54, 1.807) is 0 Å². The summed E-state index contributed by atoms with van der Waals surface area (Å²) < 4.78 is 0. The molecule has 0 aromatic carbocycles. The van der Waals surface area contributed by atoms with Crippen molar-refractivity contribution in [2.45, 2.75) is 97.0 Å². The number of aliphatic carboxylic acids is 1. The highest BCUT2D eigenvalue weighted by atomic mass is 16.4. The molecule has 0 amide bonds. The van der Waals surface area contributed by atoms with Gasteiger partial charge in [0.2, 0.25) is 0 Å². The van der Waals surface area contributed by atoms with Gasteiger partial charge in [-0.3, -0.25) is 9.59 Å². The molecule has 0 aromatic heterocycles. The zero-order chi connectivity index (χ0) is 18.7. The van der Waals surface area contributed by atoms with E-state index in [0.717, 1.165) is 64.2 Å². The lowest BCUT2D eigenvalue weighted by molar-refractivity contribution is -0.137. The number of carbonyl (C=O) groups excluding carboxylic acids is 1. The van der Waals surface area contributed by atoms with Gasteiger partial charge in [-0.2, -0.15) is 0 Å². The van der Waals surface area contributed by atoms with Crippen LogP contribution in [0.2, 0.25) is 0 Å². The zero-order valence-corrected chi connectivity index (χ0v) is 16.0. The molecule has 4 heteroatoms. The maximum absolute atomic E-state index is 12.1. The number of Topliss-reactive ketones (excluding diaryl/α,β-unsaturated/α-hetero) is 1. The van der Waals surface area contributed by atoms with Gasteiger partial charge in [-0.1, -0.05) is 57.6 Å². The maximum Gasteiger partial charge on any atom is 0.303 e. The molecule has 0 bridgehead atoms. The summed E-state index contributed by atoms with van der Waals surface area (Å²) in [5, 5.41) is 18.9. The van der Waals surface area contributed by atoms with Gasteiger partial charge in [-0.15, -0.1) is 0 Å². The summed E-state index contributed by atoms with van der Waals surface area (Å²) in [6, 6.07) is 0. The summed E-state index contributed by atoms with van der Waals surface area (Å²) in [5.41, 5.74) is 1.22. The van der Waals surface area contributed by atoms with Crippen LogP contribution in [0.3, 0.4) is 0 Å². The molecule has 25 heavy (non-hydrogen) atoms. The Labute approximate surface area is 152 Å². The monoisotopic (exact) mass is 352 g/mol. The Hall–Kier alpha value is -1.16. The second-order valence-corrected chi connectivity index (χ2v) is 7.57. The summed E-state index contributed by atoms with van der Waals surface area (Å²) >= 11 is 0. The van der Waals surface area contributed by atoms with Crippen molar-refractivity contribution in [3.8, 4) is 0 Å². The maximum atomic E-state index is 12.1. The van der Waals surface area contributed by atoms with Crippen LogP contribution in [0, 0.1) is 11.8 Å². The number of hydrogen-bond acceptors (Lipinski definition) is 3. The predicted octanol–water partition coefficient (Wildman–Crippen LogP) is 4.89. The smallest absolute Gasteiger partial charge is 0.303 e. The van der Waals surface area contributed by atoms with Crippen LogP contribution < -0.4 is 0 Å². The SMILES string of the molecule is CCCCC(C)[C@@H](O)CCC1=CCC(=O)[C@@H]1CCCCCCC(=O)O. The van der Waals surface area contributed by atoms with Gasteiger partial charge in [0.05, 0.1) is 6.10 Å². The van der Waals surface area contributed by atoms with E-state index < -0.39 is 5.97 Å². The molecule has 1 aliphatic carbocycles. The number of hydrogen-bond donors (Lipinski definition) is 2. The van der Waals surface area contributed by atoms with E-state index in [1.807, 2.05) is 0 Å². The number of carboxylic acids is 1. The van der Waals surface area contributed by atoms with E-state index in [2.05, 4.69) is 19.9 Å². The fraction of sp³-hybridized carbons (Fsp3) is 0.810. The van der Waals surface area contributed by atoms with Crippen molar-refractivity contribution in [3.05, 3.63) is 11.6 Å². The minimum atomic E-state index is -0.733. The lowest BCUT2D eigenvalue weighted by Crippen LogP contribution is -2.19. The van der Waals surface area contributed by atoms with Gasteiger partial charge in [0, 0.05) is 18.8 Å². The van der Waals surface area contributed by atoms with Gasteiger partial charge < -0.3 is 10.2 Å². The molecule has 2 N–H and O–H groups in total. The van der Waals surface area contributed by atoms with Crippen LogP contribution >= 0.6 is 0 Å². The lowest BCUT2D eigenvalue weighted by Gasteiger charge is -2.20. The highest BCUT2D eigenvalue weighted by molar-refractivity contribution is 5.88. The number of rotatable bonds is 14. The molecule has 144 valence electrons. The number of aliphatic hydroxyl groups excluding tert-OH is 1. The first-order valence-electron chi connectivity index (χ1n) is 10.1. The molecule has 0 aliphatic heterocycles. The summed E-state index contributed by atoms with van der Waals surface area (Å²) in [4.78, 5) is 22.6. The first kappa shape index (κ1) is 21.9. The van der Waals surface area contributed by atoms with Crippen LogP contribution in [-0.4, -0.2) is 28.1 Å². The first-order chi connectivity index (χ1) is 12.0. The quantitative estimate of drug-likeness (QED) is 0.344. The number of carboxylic acid groups (broad SMARTS) is 1. The number of ketones is 1. The number of aliphatic hydroxyl groups is 1. The third kappa shape index (κ3) is 8.66. The molecular weight excluding hydrogens is 316 g/mol. The largest absolute Gasteiger partial charge is 0.481 e. The minimum absolute atomic E-state index is 0.0395. The van der Waals surface area contributed by atoms with E-state index in [4.69, 9.17) is 5.11 Å². The fourth-order valence-electron chi connectivity index (χ4n) is 3.64. The topological polar surface area (TPSA) is 74.6 Å². The standard InChI is InChI=1S/C21H36O4/c1-3-4-9-16(2)19(22)14-12-17-13-15-20(23)18(17)10-7-5-6-8-11-21(24)25/h13,16,18-19,22H,3-12,14-15H2,1-2H3,(H,24,25)/t16?,18-,19+/m1/s1. The molecule has 3 atom stereocenters. The van der Waals surface area contributed by atoms with Crippen molar-refractivity contribution in [2.75, 3.05) is 0 Å². The van der Waals surface area contributed by atoms with E-state index in [1.165, 1.54) is 5.57 Å². The summed E-state index contributed by atoms with van der Waals surface area (Å²) in [6.07, 6.45) is 12.0. The average Bonchev–Trinajstić information content (AvgIpc) is 2.93. The Balaban J connectivity index is 2.28. The van der Waals surface area contributed by atoms with Gasteiger partial charge in [-0.25, -0.2) is 0 Å². The molecule has 0 saturated carbocycles. The molecule has 1 rings (SSSR count). The molecule has 0 saturated heterocycles. The van der Waals surface area contributed by atoms with Gasteiger partial charge in [-0.05, 0) is 38.0 Å². The van der Waals surface area contributed by atoms with E-state index in [0.29, 0.717) is 18.1 Å². The summed E-state index contributed by atoms with van der Waals surface area (Å²) in [6.45, 7) is 4.28. The van der Waals surface area contributed by atoms with Crippen LogP contribution in [0.4, 0.5) is 0 Å². The molecule has 0 spiro atoms. The first-order valence-corrected chi connectivity index (χ1v) is 10.1. The van der Waals surface area contributed by atoms with Crippen molar-refractivity contribution in [3.63, 3.8) is 0 Å². The Morgan fingerprint density at radius 2 is 1.92 bits per heavy atom. The van der Waals surface area contributed by atoms with Crippen LogP contribution in [-0.2, 0) is 9.59 Å². The minimum Gasteiger partial charge on any atom is -0.481 e. The predicted molar refractivity (Wildman–Crippen MR) is 100 cm³/mol. The normalized spacial score (nSPS) is 19.7. The second-order valence-electron chi connectivity index (χ2n) is 7.57. The molecule has 4 nitrogen and oxygen atoms in total. The number of carbonyl (C=O) groups is 2. The van der Waals surface area contributed by atoms with Gasteiger partial charge in [0.1, 0.15) is 5.78 Å². The molecule has 0 radical (unpaired) electrons. The van der Waals surface area contributed by atoms with Gasteiger partial charge in [0.15, 0.2) is 0 Å². The Kier molecular flexibility index (Phi) is 10.7. The van der Waals surface area contributed by atoms with Crippen molar-refractivity contribution in [1.82, 2.24) is 0 Å². The van der Waals surface area contributed by atoms with E-state index in [-0.39, 0.29) is 18.4 Å². The van der Waals surface area contributed by atoms with Crippen molar-refractivity contribution in [2.24, 2.45) is 11.8 Å². The number of unbranched alkanes of at least 4 members (excludes halogenated alkanes) is 4. The van der Waals surface area contributed by atoms with Gasteiger partial charge in [0.25, 0.3) is 0 Å². The molecule has 0 fully saturated rings. The zero-order valence-electron chi connectivity index (χ0n) is 16.0. The van der Waals surface area contributed by atoms with E-state index >= 15 is 0 Å². The molecule has 0 heterocycles. The third-order valence-electron chi connectivity index (χ3n) is 5.43. The summed E-state index contributed by atoms with van der Waals surface area (Å²) in [5.74, 6) is -0.0556. The second kappa shape index (κ2) is 12.2. The lowest BCUT2D eigenvalue weighted by atomic mass is 9.88. The van der Waals surface area contributed by atoms with Crippen LogP contribution in [0.25, 0.3) is 0 Å². The molecule has 0 aromatic rings. The number of allylic oxidation sites excluding steroid dienone is 2. The molecular formula is C21H36O4. The highest BCUT2D eigenvalue weighted by Crippen LogP contribution is 2.32.